The summed E-state index contributed by atoms with van der Waals surface area (Å²) in [4.78, 5) is 2.13. The maximum absolute atomic E-state index is 8.15. The summed E-state index contributed by atoms with van der Waals surface area (Å²) in [6, 6.07) is 27.7. The van der Waals surface area contributed by atoms with Crippen LogP contribution < -0.4 is 10.3 Å². The molecule has 142 valence electrons. The second kappa shape index (κ2) is 6.49. The summed E-state index contributed by atoms with van der Waals surface area (Å²) in [5.74, 6) is 0. The number of nitrogens with one attached hydrogen (secondary N) is 1. The Morgan fingerprint density at radius 2 is 1.59 bits per heavy atom. The van der Waals surface area contributed by atoms with Gasteiger partial charge < -0.3 is 14.9 Å². The Morgan fingerprint density at radius 3 is 2.38 bits per heavy atom. The molecule has 5 rings (SSSR count). The van der Waals surface area contributed by atoms with Gasteiger partial charge in [0.2, 0.25) is 0 Å². The first-order valence-corrected chi connectivity index (χ1v) is 9.80. The molecule has 29 heavy (non-hydrogen) atoms. The topological polar surface area (TPSA) is 32.0 Å². The number of rotatable bonds is 2. The molecule has 1 heterocycles. The number of aromatic nitrogens is 1. The van der Waals surface area contributed by atoms with Crippen molar-refractivity contribution in [3.05, 3.63) is 84.2 Å². The number of benzene rings is 4. The van der Waals surface area contributed by atoms with Gasteiger partial charge >= 0.3 is 0 Å². The largest absolute Gasteiger partial charge is 0.378 e. The molecule has 3 aromatic rings. The molecule has 3 aromatic carbocycles. The molecular weight excluding hydrogens is 354 g/mol. The van der Waals surface area contributed by atoms with E-state index in [4.69, 9.17) is 5.41 Å². The van der Waals surface area contributed by atoms with Crippen molar-refractivity contribution in [1.82, 2.24) is 4.57 Å². The highest BCUT2D eigenvalue weighted by Gasteiger charge is 2.18. The van der Waals surface area contributed by atoms with Crippen LogP contribution in [0.1, 0.15) is 0 Å². The maximum atomic E-state index is 8.15. The van der Waals surface area contributed by atoms with Gasteiger partial charge in [-0.25, -0.2) is 0 Å². The second-order valence-electron chi connectivity index (χ2n) is 7.82. The van der Waals surface area contributed by atoms with Crippen LogP contribution in [0.2, 0.25) is 0 Å². The fraction of sp³-hybridized carbons (Fsp3) is 0.115. The molecule has 0 amide bonds. The third kappa shape index (κ3) is 2.78. The van der Waals surface area contributed by atoms with Crippen LogP contribution >= 0.6 is 0 Å². The minimum Gasteiger partial charge on any atom is -0.378 e. The van der Waals surface area contributed by atoms with Crippen LogP contribution in [0.3, 0.4) is 0 Å². The molecule has 0 saturated carbocycles. The molecule has 0 aromatic heterocycles. The van der Waals surface area contributed by atoms with Crippen molar-refractivity contribution in [2.75, 3.05) is 19.0 Å². The highest BCUT2D eigenvalue weighted by Crippen LogP contribution is 2.41. The number of hydrogen-bond donors (Lipinski definition) is 1. The van der Waals surface area contributed by atoms with Gasteiger partial charge in [-0.2, -0.15) is 0 Å². The van der Waals surface area contributed by atoms with E-state index in [-0.39, 0.29) is 0 Å². The molecule has 1 N–H and O–H groups in total. The predicted octanol–water partition coefficient (Wildman–Crippen LogP) is 5.65. The first-order chi connectivity index (χ1) is 14.0. The number of pyridine rings is 1. The molecule has 1 aliphatic heterocycles. The van der Waals surface area contributed by atoms with E-state index in [0.29, 0.717) is 5.36 Å². The van der Waals surface area contributed by atoms with Gasteiger partial charge in [0.1, 0.15) is 0 Å². The van der Waals surface area contributed by atoms with Crippen LogP contribution in [-0.4, -0.2) is 18.7 Å². The Labute approximate surface area is 170 Å². The van der Waals surface area contributed by atoms with Crippen molar-refractivity contribution in [2.45, 2.75) is 0 Å². The van der Waals surface area contributed by atoms with Crippen molar-refractivity contribution >= 4 is 27.4 Å². The van der Waals surface area contributed by atoms with Crippen molar-refractivity contribution in [2.24, 2.45) is 7.05 Å². The quantitative estimate of drug-likeness (QED) is 0.396. The van der Waals surface area contributed by atoms with E-state index in [9.17, 15) is 0 Å². The maximum Gasteiger partial charge on any atom is 0.0561 e. The Bertz CT molecular complexity index is 1410. The zero-order valence-corrected chi connectivity index (χ0v) is 16.9. The lowest BCUT2D eigenvalue weighted by molar-refractivity contribution is 0.957. The summed E-state index contributed by atoms with van der Waals surface area (Å²) in [6.45, 7) is 0. The van der Waals surface area contributed by atoms with Crippen LogP contribution in [0.5, 0.6) is 0 Å². The molecular formula is C26H23N3. The van der Waals surface area contributed by atoms with Gasteiger partial charge in [-0.1, -0.05) is 48.5 Å². The average molecular weight is 377 g/mol. The van der Waals surface area contributed by atoms with Crippen molar-refractivity contribution in [1.29, 1.82) is 5.41 Å². The lowest BCUT2D eigenvalue weighted by Crippen LogP contribution is -2.11. The van der Waals surface area contributed by atoms with Gasteiger partial charge in [-0.15, -0.1) is 0 Å². The van der Waals surface area contributed by atoms with Gasteiger partial charge in [0.05, 0.1) is 16.6 Å². The number of fused-ring (bicyclic) bond motifs is 3. The van der Waals surface area contributed by atoms with Gasteiger partial charge in [0.25, 0.3) is 0 Å². The molecule has 0 fully saturated rings. The van der Waals surface area contributed by atoms with Crippen LogP contribution in [0, 0.1) is 5.41 Å². The zero-order chi connectivity index (χ0) is 20.1. The number of aryl methyl sites for hydroxylation is 1. The van der Waals surface area contributed by atoms with Crippen molar-refractivity contribution in [3.8, 4) is 22.4 Å². The normalized spacial score (nSPS) is 11.4. The molecule has 1 aliphatic carbocycles. The lowest BCUT2D eigenvalue weighted by Gasteiger charge is -2.23. The average Bonchev–Trinajstić information content (AvgIpc) is 2.74. The first kappa shape index (κ1) is 17.5. The standard InChI is InChI=1S/C26H23N3/c1-28(2)21-11-13-23-25(16-21)29(3)24-15-20(27)10-12-22(24)26(23)19-9-8-17-6-4-5-7-18(17)14-19/h4-16,27H,1-3H3. The molecule has 3 heteroatoms. The predicted molar refractivity (Wildman–Crippen MR) is 123 cm³/mol. The minimum atomic E-state index is 0.528. The van der Waals surface area contributed by atoms with Crippen molar-refractivity contribution in [3.63, 3.8) is 0 Å². The van der Waals surface area contributed by atoms with E-state index < -0.39 is 0 Å². The van der Waals surface area contributed by atoms with Gasteiger partial charge in [-0.3, -0.25) is 0 Å². The fourth-order valence-electron chi connectivity index (χ4n) is 4.24. The van der Waals surface area contributed by atoms with E-state index in [1.54, 1.807) is 0 Å². The van der Waals surface area contributed by atoms with Gasteiger partial charge in [0.15, 0.2) is 0 Å². The third-order valence-electron chi connectivity index (χ3n) is 5.79. The van der Waals surface area contributed by atoms with Crippen LogP contribution in [0.25, 0.3) is 44.1 Å². The van der Waals surface area contributed by atoms with Crippen molar-refractivity contribution < 1.29 is 0 Å². The van der Waals surface area contributed by atoms with Crippen LogP contribution in [-0.2, 0) is 7.05 Å². The zero-order valence-electron chi connectivity index (χ0n) is 16.9. The second-order valence-corrected chi connectivity index (χ2v) is 7.82. The SMILES string of the molecule is CN(C)c1ccc2c(-c3ccc4ccccc4c3)c3ccc(=N)cc-3n(C)c2c1. The molecule has 0 spiro atoms. The van der Waals surface area contributed by atoms with Gasteiger partial charge in [0, 0.05) is 43.3 Å². The van der Waals surface area contributed by atoms with Crippen LogP contribution in [0.4, 0.5) is 5.69 Å². The number of hydrogen-bond acceptors (Lipinski definition) is 2. The van der Waals surface area contributed by atoms with E-state index in [0.717, 1.165) is 11.2 Å². The lowest BCUT2D eigenvalue weighted by atomic mass is 9.90. The summed E-state index contributed by atoms with van der Waals surface area (Å²) in [7, 11) is 6.22. The third-order valence-corrected chi connectivity index (χ3v) is 5.79. The Morgan fingerprint density at radius 1 is 0.793 bits per heavy atom. The smallest absolute Gasteiger partial charge is 0.0561 e. The summed E-state index contributed by atoms with van der Waals surface area (Å²) >= 11 is 0. The van der Waals surface area contributed by atoms with E-state index in [1.165, 1.54) is 38.5 Å². The monoisotopic (exact) mass is 377 g/mol. The number of anilines is 1. The number of nitrogens with zero attached hydrogens (tertiary/aromatic N) is 2. The fourth-order valence-corrected chi connectivity index (χ4v) is 4.24. The summed E-state index contributed by atoms with van der Waals surface area (Å²) in [5.41, 5.74) is 7.00. The van der Waals surface area contributed by atoms with Gasteiger partial charge in [-0.05, 0) is 46.7 Å². The van der Waals surface area contributed by atoms with E-state index >= 15 is 0 Å². The molecule has 0 radical (unpaired) electrons. The highest BCUT2D eigenvalue weighted by molar-refractivity contribution is 6.06. The summed E-state index contributed by atoms with van der Waals surface area (Å²) in [5, 5.41) is 12.4. The highest BCUT2D eigenvalue weighted by atomic mass is 15.1. The van der Waals surface area contributed by atoms with E-state index in [2.05, 4.69) is 97.3 Å². The van der Waals surface area contributed by atoms with E-state index in [1.807, 2.05) is 12.1 Å². The molecule has 2 aliphatic rings. The first-order valence-electron chi connectivity index (χ1n) is 9.80. The molecule has 0 saturated heterocycles. The van der Waals surface area contributed by atoms with Crippen LogP contribution in [0.15, 0.2) is 78.9 Å². The Kier molecular flexibility index (Phi) is 3.92. The molecule has 0 bridgehead atoms. The molecule has 0 unspecified atom stereocenters. The Hall–Kier alpha value is -3.59. The minimum absolute atomic E-state index is 0.528. The Balaban J connectivity index is 1.94. The summed E-state index contributed by atoms with van der Waals surface area (Å²) in [6.07, 6.45) is 0. The molecule has 3 nitrogen and oxygen atoms in total. The summed E-state index contributed by atoms with van der Waals surface area (Å²) < 4.78 is 2.21. The molecule has 0 atom stereocenters.